The van der Waals surface area contributed by atoms with Gasteiger partial charge in [-0.05, 0) is 17.7 Å². The molecule has 3 rings (SSSR count). The Bertz CT molecular complexity index is 681. The summed E-state index contributed by atoms with van der Waals surface area (Å²) in [6, 6.07) is 14.3. The molecule has 0 bridgehead atoms. The molecule has 6 heteroatoms. The van der Waals surface area contributed by atoms with Crippen molar-refractivity contribution in [3.63, 3.8) is 0 Å². The van der Waals surface area contributed by atoms with Crippen molar-refractivity contribution in [2.75, 3.05) is 32.7 Å². The van der Waals surface area contributed by atoms with Crippen molar-refractivity contribution in [1.82, 2.24) is 10.4 Å². The fourth-order valence-corrected chi connectivity index (χ4v) is 3.09. The molecule has 1 amide bonds. The molecule has 1 aliphatic heterocycles. The number of benzene rings is 1. The average Bonchev–Trinajstić information content (AvgIpc) is 2.65. The summed E-state index contributed by atoms with van der Waals surface area (Å²) in [7, 11) is 0. The summed E-state index contributed by atoms with van der Waals surface area (Å²) in [6.07, 6.45) is 5.03. The number of nitrogens with zero attached hydrogens (tertiary/aromatic N) is 2. The number of quaternary nitrogens is 2. The van der Waals surface area contributed by atoms with Gasteiger partial charge >= 0.3 is 0 Å². The van der Waals surface area contributed by atoms with E-state index in [1.165, 1.54) is 10.5 Å². The number of rotatable bonds is 6. The number of hydrogen-bond donors (Lipinski definition) is 3. The van der Waals surface area contributed by atoms with Crippen molar-refractivity contribution in [1.29, 1.82) is 0 Å². The number of amides is 1. The van der Waals surface area contributed by atoms with Gasteiger partial charge < -0.3 is 9.80 Å². The van der Waals surface area contributed by atoms with Gasteiger partial charge in [0, 0.05) is 18.0 Å². The second kappa shape index (κ2) is 9.05. The van der Waals surface area contributed by atoms with Crippen LogP contribution >= 0.6 is 0 Å². The first-order valence-electron chi connectivity index (χ1n) is 8.72. The van der Waals surface area contributed by atoms with E-state index in [9.17, 15) is 4.79 Å². The van der Waals surface area contributed by atoms with Crippen molar-refractivity contribution < 1.29 is 14.6 Å². The third-order valence-corrected chi connectivity index (χ3v) is 4.48. The zero-order valence-corrected chi connectivity index (χ0v) is 14.3. The summed E-state index contributed by atoms with van der Waals surface area (Å²) in [5.41, 5.74) is 4.91. The number of carbonyl (C=O) groups excluding carboxylic acids is 1. The Morgan fingerprint density at radius 1 is 1.04 bits per heavy atom. The molecule has 2 heterocycles. The van der Waals surface area contributed by atoms with Crippen molar-refractivity contribution in [3.05, 3.63) is 66.0 Å². The zero-order chi connectivity index (χ0) is 17.3. The lowest BCUT2D eigenvalue weighted by Gasteiger charge is -2.29. The van der Waals surface area contributed by atoms with E-state index in [1.54, 1.807) is 23.5 Å². The number of piperazine rings is 1. The number of hydrazone groups is 1. The van der Waals surface area contributed by atoms with E-state index in [-0.39, 0.29) is 5.91 Å². The lowest BCUT2D eigenvalue weighted by atomic mass is 10.2. The molecule has 1 aromatic heterocycles. The van der Waals surface area contributed by atoms with Crippen LogP contribution in [0.2, 0.25) is 0 Å². The maximum atomic E-state index is 12.0. The molecule has 0 unspecified atom stereocenters. The van der Waals surface area contributed by atoms with Crippen molar-refractivity contribution >= 4 is 12.1 Å². The first kappa shape index (κ1) is 17.3. The molecule has 1 fully saturated rings. The summed E-state index contributed by atoms with van der Waals surface area (Å²) in [5.74, 6) is -0.0354. The SMILES string of the molecule is O=C(C[NH+]1CC[NH+](Cc2ccccc2)CC1)NN=Cc1ccncc1. The second-order valence-corrected chi connectivity index (χ2v) is 6.41. The van der Waals surface area contributed by atoms with Gasteiger partial charge in [-0.15, -0.1) is 0 Å². The Kier molecular flexibility index (Phi) is 6.25. The van der Waals surface area contributed by atoms with Crippen molar-refractivity contribution in [2.45, 2.75) is 6.54 Å². The highest BCUT2D eigenvalue weighted by Crippen LogP contribution is 1.95. The molecule has 0 radical (unpaired) electrons. The lowest BCUT2D eigenvalue weighted by Crippen LogP contribution is -3.28. The van der Waals surface area contributed by atoms with Crippen molar-refractivity contribution in [2.24, 2.45) is 5.10 Å². The number of aromatic nitrogens is 1. The van der Waals surface area contributed by atoms with Crippen LogP contribution in [-0.4, -0.2) is 49.8 Å². The first-order valence-corrected chi connectivity index (χ1v) is 8.72. The normalized spacial score (nSPS) is 20.5. The minimum Gasteiger partial charge on any atom is -0.322 e. The van der Waals surface area contributed by atoms with Gasteiger partial charge in [0.1, 0.15) is 32.7 Å². The molecule has 0 saturated carbocycles. The molecule has 1 saturated heterocycles. The van der Waals surface area contributed by atoms with Gasteiger partial charge in [-0.1, -0.05) is 30.3 Å². The van der Waals surface area contributed by atoms with E-state index in [0.29, 0.717) is 6.54 Å². The van der Waals surface area contributed by atoms with Crippen LogP contribution in [0.15, 0.2) is 60.0 Å². The third kappa shape index (κ3) is 5.77. The molecule has 6 nitrogen and oxygen atoms in total. The monoisotopic (exact) mass is 339 g/mol. The number of carbonyl (C=O) groups is 1. The van der Waals surface area contributed by atoms with Gasteiger partial charge in [-0.25, -0.2) is 5.43 Å². The van der Waals surface area contributed by atoms with E-state index in [2.05, 4.69) is 45.8 Å². The van der Waals surface area contributed by atoms with Gasteiger partial charge in [0.05, 0.1) is 6.21 Å². The molecule has 1 aromatic carbocycles. The van der Waals surface area contributed by atoms with E-state index in [0.717, 1.165) is 38.3 Å². The topological polar surface area (TPSA) is 63.2 Å². The van der Waals surface area contributed by atoms with E-state index < -0.39 is 0 Å². The highest BCUT2D eigenvalue weighted by molar-refractivity contribution is 5.82. The predicted molar refractivity (Wildman–Crippen MR) is 96.4 cm³/mol. The van der Waals surface area contributed by atoms with E-state index in [4.69, 9.17) is 0 Å². The van der Waals surface area contributed by atoms with E-state index in [1.807, 2.05) is 12.1 Å². The Morgan fingerprint density at radius 2 is 1.72 bits per heavy atom. The molecule has 0 aliphatic carbocycles. The van der Waals surface area contributed by atoms with Gasteiger partial charge in [0.25, 0.3) is 5.91 Å². The Hall–Kier alpha value is -2.57. The second-order valence-electron chi connectivity index (χ2n) is 6.41. The number of hydrogen-bond acceptors (Lipinski definition) is 3. The predicted octanol–water partition coefficient (Wildman–Crippen LogP) is -1.48. The maximum Gasteiger partial charge on any atom is 0.295 e. The van der Waals surface area contributed by atoms with Gasteiger partial charge in [0.2, 0.25) is 0 Å². The largest absolute Gasteiger partial charge is 0.322 e. The summed E-state index contributed by atoms with van der Waals surface area (Å²) >= 11 is 0. The van der Waals surface area contributed by atoms with Crippen LogP contribution < -0.4 is 15.2 Å². The third-order valence-electron chi connectivity index (χ3n) is 4.48. The van der Waals surface area contributed by atoms with Crippen LogP contribution in [0, 0.1) is 0 Å². The van der Waals surface area contributed by atoms with Crippen molar-refractivity contribution in [3.8, 4) is 0 Å². The molecule has 0 atom stereocenters. The highest BCUT2D eigenvalue weighted by Gasteiger charge is 2.24. The van der Waals surface area contributed by atoms with Gasteiger partial charge in [0.15, 0.2) is 6.54 Å². The minimum absolute atomic E-state index is 0.0354. The molecule has 3 N–H and O–H groups in total. The molecule has 25 heavy (non-hydrogen) atoms. The van der Waals surface area contributed by atoms with Crippen LogP contribution in [-0.2, 0) is 11.3 Å². The molecular weight excluding hydrogens is 314 g/mol. The Balaban J connectivity index is 1.37. The van der Waals surface area contributed by atoms with Crippen LogP contribution in [0.4, 0.5) is 0 Å². The Labute approximate surface area is 148 Å². The average molecular weight is 339 g/mol. The summed E-state index contributed by atoms with van der Waals surface area (Å²) in [6.45, 7) is 5.77. The minimum atomic E-state index is -0.0354. The first-order chi connectivity index (χ1) is 12.3. The molecule has 0 spiro atoms. The van der Waals surface area contributed by atoms with Gasteiger partial charge in [-0.3, -0.25) is 9.78 Å². The number of pyridine rings is 1. The molecule has 1 aliphatic rings. The van der Waals surface area contributed by atoms with Crippen LogP contribution in [0.5, 0.6) is 0 Å². The summed E-state index contributed by atoms with van der Waals surface area (Å²) < 4.78 is 0. The fraction of sp³-hybridized carbons (Fsp3) is 0.316. The lowest BCUT2D eigenvalue weighted by molar-refractivity contribution is -1.02. The van der Waals surface area contributed by atoms with E-state index >= 15 is 0 Å². The molecule has 2 aromatic rings. The standard InChI is InChI=1S/C19H23N5O/c25-19(22-21-14-17-6-8-20-9-7-17)16-24-12-10-23(11-13-24)15-18-4-2-1-3-5-18/h1-9,14H,10-13,15-16H2,(H,22,25)/p+2. The highest BCUT2D eigenvalue weighted by atomic mass is 16.2. The van der Waals surface area contributed by atoms with Gasteiger partial charge in [-0.2, -0.15) is 5.10 Å². The number of nitrogens with one attached hydrogen (secondary N) is 3. The van der Waals surface area contributed by atoms with Crippen LogP contribution in [0.3, 0.4) is 0 Å². The summed E-state index contributed by atoms with van der Waals surface area (Å²) in [4.78, 5) is 18.9. The van der Waals surface area contributed by atoms with Crippen LogP contribution in [0.1, 0.15) is 11.1 Å². The Morgan fingerprint density at radius 3 is 2.44 bits per heavy atom. The molecular formula is C19H25N5O+2. The summed E-state index contributed by atoms with van der Waals surface area (Å²) in [5, 5.41) is 4.01. The fourth-order valence-electron chi connectivity index (χ4n) is 3.09. The molecule has 130 valence electrons. The maximum absolute atomic E-state index is 12.0. The zero-order valence-electron chi connectivity index (χ0n) is 14.3. The quantitative estimate of drug-likeness (QED) is 0.444. The van der Waals surface area contributed by atoms with Crippen LogP contribution in [0.25, 0.3) is 0 Å². The smallest absolute Gasteiger partial charge is 0.295 e.